The van der Waals surface area contributed by atoms with Gasteiger partial charge in [-0.3, -0.25) is 4.79 Å². The molecule has 2 heterocycles. The quantitative estimate of drug-likeness (QED) is 0.685. The number of hydrogen-bond acceptors (Lipinski definition) is 4. The third-order valence-electron chi connectivity index (χ3n) is 3.16. The molecule has 1 fully saturated rings. The molecule has 0 aromatic carbocycles. The molecule has 6 heteroatoms. The number of thiophene rings is 1. The highest BCUT2D eigenvalue weighted by atomic mass is 32.2. The molecule has 1 aromatic rings. The summed E-state index contributed by atoms with van der Waals surface area (Å²) >= 11 is 3.16. The van der Waals surface area contributed by atoms with Crippen LogP contribution in [-0.2, 0) is 0 Å². The lowest BCUT2D eigenvalue weighted by molar-refractivity contribution is 0.0825. The van der Waals surface area contributed by atoms with Crippen LogP contribution in [0.25, 0.3) is 0 Å². The Bertz CT molecular complexity index is 450. The van der Waals surface area contributed by atoms with Crippen LogP contribution in [0.5, 0.6) is 0 Å². The maximum Gasteiger partial charge on any atom is 0.407 e. The lowest BCUT2D eigenvalue weighted by Crippen LogP contribution is -2.39. The molecular formula is C12H15NO3S2. The summed E-state index contributed by atoms with van der Waals surface area (Å²) in [6.45, 7) is 0.930. The summed E-state index contributed by atoms with van der Waals surface area (Å²) in [5, 5.41) is 8.86. The van der Waals surface area contributed by atoms with E-state index in [9.17, 15) is 9.59 Å². The van der Waals surface area contributed by atoms with Gasteiger partial charge in [0.2, 0.25) is 0 Å². The Labute approximate surface area is 114 Å². The Hall–Kier alpha value is -1.01. The Balaban J connectivity index is 1.97. The minimum atomic E-state index is -0.887. The van der Waals surface area contributed by atoms with E-state index in [1.54, 1.807) is 11.8 Å². The molecular weight excluding hydrogens is 270 g/mol. The van der Waals surface area contributed by atoms with Crippen molar-refractivity contribution in [2.45, 2.75) is 17.1 Å². The Kier molecular flexibility index (Phi) is 4.29. The number of thioether (sulfide) groups is 1. The van der Waals surface area contributed by atoms with Crippen molar-refractivity contribution in [2.75, 3.05) is 19.3 Å². The summed E-state index contributed by atoms with van der Waals surface area (Å²) in [5.74, 6) is 0.152. The van der Waals surface area contributed by atoms with Crippen molar-refractivity contribution >= 4 is 35.0 Å². The van der Waals surface area contributed by atoms with Crippen molar-refractivity contribution in [2.24, 2.45) is 5.92 Å². The van der Waals surface area contributed by atoms with E-state index in [1.165, 1.54) is 16.2 Å². The molecule has 4 nitrogen and oxygen atoms in total. The van der Waals surface area contributed by atoms with E-state index in [0.29, 0.717) is 25.9 Å². The molecule has 0 aliphatic carbocycles. The molecule has 1 aliphatic rings. The SMILES string of the molecule is CSc1ccc(C(=O)C2CCN(C(=O)O)CC2)s1. The zero-order valence-electron chi connectivity index (χ0n) is 10.1. The smallest absolute Gasteiger partial charge is 0.407 e. The van der Waals surface area contributed by atoms with E-state index in [0.717, 1.165) is 9.09 Å². The number of amides is 1. The summed E-state index contributed by atoms with van der Waals surface area (Å²) < 4.78 is 1.14. The highest BCUT2D eigenvalue weighted by Gasteiger charge is 2.28. The fraction of sp³-hybridized carbons (Fsp3) is 0.500. The number of likely N-dealkylation sites (tertiary alicyclic amines) is 1. The van der Waals surface area contributed by atoms with Gasteiger partial charge in [-0.05, 0) is 31.2 Å². The first-order valence-electron chi connectivity index (χ1n) is 5.77. The largest absolute Gasteiger partial charge is 0.465 e. The van der Waals surface area contributed by atoms with Crippen molar-refractivity contribution in [1.29, 1.82) is 0 Å². The van der Waals surface area contributed by atoms with Crippen LogP contribution >= 0.6 is 23.1 Å². The van der Waals surface area contributed by atoms with E-state index in [-0.39, 0.29) is 11.7 Å². The molecule has 1 aromatic heterocycles. The normalized spacial score (nSPS) is 16.8. The second kappa shape index (κ2) is 5.75. The lowest BCUT2D eigenvalue weighted by atomic mass is 9.92. The van der Waals surface area contributed by atoms with Crippen LogP contribution in [0.4, 0.5) is 4.79 Å². The first kappa shape index (κ1) is 13.4. The molecule has 0 bridgehead atoms. The van der Waals surface area contributed by atoms with Crippen LogP contribution < -0.4 is 0 Å². The van der Waals surface area contributed by atoms with Gasteiger partial charge in [-0.15, -0.1) is 23.1 Å². The monoisotopic (exact) mass is 285 g/mol. The fourth-order valence-electron chi connectivity index (χ4n) is 2.10. The second-order valence-electron chi connectivity index (χ2n) is 4.23. The van der Waals surface area contributed by atoms with Crippen LogP contribution in [0, 0.1) is 5.92 Å². The first-order valence-corrected chi connectivity index (χ1v) is 7.82. The molecule has 0 radical (unpaired) electrons. The zero-order chi connectivity index (χ0) is 13.1. The van der Waals surface area contributed by atoms with Crippen molar-refractivity contribution < 1.29 is 14.7 Å². The lowest BCUT2D eigenvalue weighted by Gasteiger charge is -2.28. The van der Waals surface area contributed by atoms with Crippen LogP contribution in [0.15, 0.2) is 16.3 Å². The average molecular weight is 285 g/mol. The van der Waals surface area contributed by atoms with Gasteiger partial charge in [0.05, 0.1) is 9.09 Å². The summed E-state index contributed by atoms with van der Waals surface area (Å²) in [7, 11) is 0. The maximum atomic E-state index is 12.2. The molecule has 1 aliphatic heterocycles. The van der Waals surface area contributed by atoms with Gasteiger partial charge >= 0.3 is 6.09 Å². The molecule has 18 heavy (non-hydrogen) atoms. The van der Waals surface area contributed by atoms with Gasteiger partial charge in [0.25, 0.3) is 0 Å². The van der Waals surface area contributed by atoms with Gasteiger partial charge in [-0.25, -0.2) is 4.79 Å². The van der Waals surface area contributed by atoms with E-state index >= 15 is 0 Å². The van der Waals surface area contributed by atoms with Crippen LogP contribution in [-0.4, -0.2) is 41.2 Å². The van der Waals surface area contributed by atoms with Gasteiger partial charge in [-0.1, -0.05) is 0 Å². The van der Waals surface area contributed by atoms with Gasteiger partial charge in [0, 0.05) is 19.0 Å². The topological polar surface area (TPSA) is 57.6 Å². The zero-order valence-corrected chi connectivity index (χ0v) is 11.7. The highest BCUT2D eigenvalue weighted by molar-refractivity contribution is 8.00. The number of carbonyl (C=O) groups is 2. The van der Waals surface area contributed by atoms with Crippen molar-refractivity contribution in [3.05, 3.63) is 17.0 Å². The summed E-state index contributed by atoms with van der Waals surface area (Å²) in [4.78, 5) is 25.2. The third kappa shape index (κ3) is 2.87. The molecule has 0 atom stereocenters. The number of hydrogen-bond donors (Lipinski definition) is 1. The van der Waals surface area contributed by atoms with E-state index < -0.39 is 6.09 Å². The number of nitrogens with zero attached hydrogens (tertiary/aromatic N) is 1. The molecule has 0 spiro atoms. The van der Waals surface area contributed by atoms with Gasteiger partial charge in [0.15, 0.2) is 5.78 Å². The highest BCUT2D eigenvalue weighted by Crippen LogP contribution is 2.29. The number of Topliss-reactive ketones (excluding diaryl/α,β-unsaturated/α-hetero) is 1. The standard InChI is InChI=1S/C12H15NO3S2/c1-17-10-3-2-9(18-10)11(14)8-4-6-13(7-5-8)12(15)16/h2-3,8H,4-7H2,1H3,(H,15,16). The third-order valence-corrected chi connectivity index (χ3v) is 5.34. The van der Waals surface area contributed by atoms with Crippen LogP contribution in [0.2, 0.25) is 0 Å². The van der Waals surface area contributed by atoms with Crippen molar-refractivity contribution in [3.8, 4) is 0 Å². The Morgan fingerprint density at radius 1 is 1.39 bits per heavy atom. The number of piperidine rings is 1. The minimum absolute atomic E-state index is 0.0195. The van der Waals surface area contributed by atoms with E-state index in [4.69, 9.17) is 5.11 Å². The Morgan fingerprint density at radius 3 is 2.56 bits per heavy atom. The van der Waals surface area contributed by atoms with Gasteiger partial charge in [-0.2, -0.15) is 0 Å². The second-order valence-corrected chi connectivity index (χ2v) is 6.42. The molecule has 98 valence electrons. The minimum Gasteiger partial charge on any atom is -0.465 e. The predicted octanol–water partition coefficient (Wildman–Crippen LogP) is 3.04. The molecule has 0 unspecified atom stereocenters. The van der Waals surface area contributed by atoms with Crippen LogP contribution in [0.1, 0.15) is 22.5 Å². The van der Waals surface area contributed by atoms with Gasteiger partial charge < -0.3 is 10.0 Å². The fourth-order valence-corrected chi connectivity index (χ4v) is 3.66. The molecule has 1 saturated heterocycles. The predicted molar refractivity (Wildman–Crippen MR) is 72.8 cm³/mol. The van der Waals surface area contributed by atoms with E-state index in [1.807, 2.05) is 18.4 Å². The summed E-state index contributed by atoms with van der Waals surface area (Å²) in [6.07, 6.45) is 2.38. The van der Waals surface area contributed by atoms with Crippen LogP contribution in [0.3, 0.4) is 0 Å². The molecule has 0 saturated carbocycles. The molecule has 1 amide bonds. The Morgan fingerprint density at radius 2 is 2.06 bits per heavy atom. The summed E-state index contributed by atoms with van der Waals surface area (Å²) in [5.41, 5.74) is 0. The number of rotatable bonds is 3. The number of carbonyl (C=O) groups excluding carboxylic acids is 1. The average Bonchev–Trinajstić information content (AvgIpc) is 2.86. The maximum absolute atomic E-state index is 12.2. The van der Waals surface area contributed by atoms with Crippen molar-refractivity contribution in [3.63, 3.8) is 0 Å². The molecule has 1 N–H and O–H groups in total. The van der Waals surface area contributed by atoms with E-state index in [2.05, 4.69) is 0 Å². The summed E-state index contributed by atoms with van der Waals surface area (Å²) in [6, 6.07) is 3.84. The van der Waals surface area contributed by atoms with Gasteiger partial charge in [0.1, 0.15) is 0 Å². The van der Waals surface area contributed by atoms with Crippen molar-refractivity contribution in [1.82, 2.24) is 4.90 Å². The number of carboxylic acid groups (broad SMARTS) is 1. The molecule has 2 rings (SSSR count). The number of ketones is 1. The first-order chi connectivity index (χ1) is 8.61.